The minimum Gasteiger partial charge on any atom is -0.480 e. The van der Waals surface area contributed by atoms with Gasteiger partial charge in [-0.25, -0.2) is 9.59 Å². The highest BCUT2D eigenvalue weighted by atomic mass is 16.7. The highest BCUT2D eigenvalue weighted by Gasteiger charge is 2.23. The van der Waals surface area contributed by atoms with E-state index in [9.17, 15) is 9.59 Å². The third-order valence-corrected chi connectivity index (χ3v) is 1.47. The summed E-state index contributed by atoms with van der Waals surface area (Å²) in [6.07, 6.45) is -0.800. The molecular formula is C10H19NO6. The van der Waals surface area contributed by atoms with Gasteiger partial charge in [-0.1, -0.05) is 0 Å². The van der Waals surface area contributed by atoms with E-state index in [1.165, 1.54) is 7.11 Å². The summed E-state index contributed by atoms with van der Waals surface area (Å²) in [6.45, 7) is 4.82. The van der Waals surface area contributed by atoms with Gasteiger partial charge in [0.15, 0.2) is 6.04 Å². The molecule has 0 aliphatic heterocycles. The van der Waals surface area contributed by atoms with E-state index in [-0.39, 0.29) is 13.4 Å². The Balaban J connectivity index is 4.16. The number of amides is 1. The van der Waals surface area contributed by atoms with Crippen molar-refractivity contribution < 1.29 is 28.9 Å². The number of nitrogens with one attached hydrogen (secondary N) is 1. The fourth-order valence-corrected chi connectivity index (χ4v) is 0.874. The van der Waals surface area contributed by atoms with Gasteiger partial charge in [0.05, 0.1) is 6.61 Å². The first kappa shape index (κ1) is 15.7. The maximum Gasteiger partial charge on any atom is 0.408 e. The maximum atomic E-state index is 11.3. The summed E-state index contributed by atoms with van der Waals surface area (Å²) in [5.41, 5.74) is -0.680. The number of hydrogen-bond acceptors (Lipinski definition) is 5. The second-order valence-electron chi connectivity index (χ2n) is 4.31. The fourth-order valence-electron chi connectivity index (χ4n) is 0.874. The lowest BCUT2D eigenvalue weighted by molar-refractivity contribution is -0.142. The molecule has 0 saturated heterocycles. The highest BCUT2D eigenvalue weighted by Crippen LogP contribution is 2.06. The molecule has 0 saturated carbocycles. The Morgan fingerprint density at radius 1 is 1.35 bits per heavy atom. The van der Waals surface area contributed by atoms with E-state index in [2.05, 4.69) is 10.1 Å². The number of aliphatic carboxylic acids is 1. The fraction of sp³-hybridized carbons (Fsp3) is 0.800. The normalized spacial score (nSPS) is 12.9. The number of hydrogen-bond donors (Lipinski definition) is 2. The maximum absolute atomic E-state index is 11.3. The molecule has 1 amide bonds. The van der Waals surface area contributed by atoms with Crippen LogP contribution in [0, 0.1) is 0 Å². The summed E-state index contributed by atoms with van der Waals surface area (Å²) in [4.78, 5) is 22.1. The van der Waals surface area contributed by atoms with Gasteiger partial charge in [0.1, 0.15) is 12.4 Å². The average molecular weight is 249 g/mol. The zero-order valence-electron chi connectivity index (χ0n) is 10.5. The molecule has 7 nitrogen and oxygen atoms in total. The Morgan fingerprint density at radius 2 is 1.94 bits per heavy atom. The van der Waals surface area contributed by atoms with Crippen molar-refractivity contribution in [3.05, 3.63) is 0 Å². The van der Waals surface area contributed by atoms with Crippen LogP contribution in [0.5, 0.6) is 0 Å². The summed E-state index contributed by atoms with van der Waals surface area (Å²) >= 11 is 0. The molecule has 0 aliphatic carbocycles. The molecule has 2 N–H and O–H groups in total. The van der Waals surface area contributed by atoms with Crippen LogP contribution < -0.4 is 5.32 Å². The molecule has 0 radical (unpaired) electrons. The molecule has 0 rings (SSSR count). The SMILES string of the molecule is COCOCC(NC(=O)OC(C)(C)C)C(=O)O. The monoisotopic (exact) mass is 249 g/mol. The van der Waals surface area contributed by atoms with Gasteiger partial charge in [-0.05, 0) is 20.8 Å². The number of ether oxygens (including phenoxy) is 3. The first-order valence-electron chi connectivity index (χ1n) is 5.05. The Labute approximate surface area is 100 Å². The standard InChI is InChI=1S/C10H19NO6/c1-10(2,3)17-9(14)11-7(8(12)13)5-16-6-15-4/h7H,5-6H2,1-4H3,(H,11,14)(H,12,13). The lowest BCUT2D eigenvalue weighted by atomic mass is 10.2. The topological polar surface area (TPSA) is 94.1 Å². The van der Waals surface area contributed by atoms with Crippen molar-refractivity contribution in [2.45, 2.75) is 32.4 Å². The zero-order valence-corrected chi connectivity index (χ0v) is 10.5. The van der Waals surface area contributed by atoms with Crippen LogP contribution in [0.25, 0.3) is 0 Å². The lowest BCUT2D eigenvalue weighted by Gasteiger charge is -2.21. The van der Waals surface area contributed by atoms with Gasteiger partial charge in [0.2, 0.25) is 0 Å². The van der Waals surface area contributed by atoms with E-state index in [1.807, 2.05) is 0 Å². The van der Waals surface area contributed by atoms with Crippen LogP contribution in [0.3, 0.4) is 0 Å². The number of carboxylic acid groups (broad SMARTS) is 1. The van der Waals surface area contributed by atoms with E-state index in [0.29, 0.717) is 0 Å². The van der Waals surface area contributed by atoms with Crippen molar-refractivity contribution >= 4 is 12.1 Å². The predicted molar refractivity (Wildman–Crippen MR) is 58.6 cm³/mol. The molecule has 0 aromatic carbocycles. The van der Waals surface area contributed by atoms with Crippen LogP contribution in [0.2, 0.25) is 0 Å². The number of carbonyl (C=O) groups is 2. The molecule has 0 aromatic rings. The van der Waals surface area contributed by atoms with E-state index in [0.717, 1.165) is 0 Å². The van der Waals surface area contributed by atoms with Gasteiger partial charge in [0, 0.05) is 7.11 Å². The molecular weight excluding hydrogens is 230 g/mol. The largest absolute Gasteiger partial charge is 0.480 e. The number of carbonyl (C=O) groups excluding carboxylic acids is 1. The number of alkyl carbamates (subject to hydrolysis) is 1. The molecule has 1 unspecified atom stereocenters. The molecule has 7 heteroatoms. The molecule has 0 bridgehead atoms. The van der Waals surface area contributed by atoms with E-state index in [1.54, 1.807) is 20.8 Å². The Hall–Kier alpha value is -1.34. The van der Waals surface area contributed by atoms with Gasteiger partial charge in [0.25, 0.3) is 0 Å². The second kappa shape index (κ2) is 7.08. The summed E-state index contributed by atoms with van der Waals surface area (Å²) in [6, 6.07) is -1.17. The van der Waals surface area contributed by atoms with Crippen molar-refractivity contribution in [1.82, 2.24) is 5.32 Å². The Bertz CT molecular complexity index is 260. The van der Waals surface area contributed by atoms with Crippen LogP contribution >= 0.6 is 0 Å². The minimum atomic E-state index is -1.20. The molecule has 0 aromatic heterocycles. The Morgan fingerprint density at radius 3 is 2.35 bits per heavy atom. The quantitative estimate of drug-likeness (QED) is 0.528. The molecule has 17 heavy (non-hydrogen) atoms. The summed E-state index contributed by atoms with van der Waals surface area (Å²) in [5, 5.41) is 11.0. The van der Waals surface area contributed by atoms with Gasteiger partial charge >= 0.3 is 12.1 Å². The third-order valence-electron chi connectivity index (χ3n) is 1.47. The second-order valence-corrected chi connectivity index (χ2v) is 4.31. The predicted octanol–water partition coefficient (Wildman–Crippen LogP) is 0.585. The van der Waals surface area contributed by atoms with Crippen LogP contribution in [-0.2, 0) is 19.0 Å². The van der Waals surface area contributed by atoms with Gasteiger partial charge in [-0.2, -0.15) is 0 Å². The van der Waals surface area contributed by atoms with E-state index >= 15 is 0 Å². The average Bonchev–Trinajstić information content (AvgIpc) is 2.13. The van der Waals surface area contributed by atoms with Gasteiger partial charge in [-0.3, -0.25) is 0 Å². The molecule has 0 heterocycles. The zero-order chi connectivity index (χ0) is 13.5. The summed E-state index contributed by atoms with van der Waals surface area (Å²) in [5.74, 6) is -1.20. The number of rotatable bonds is 6. The highest BCUT2D eigenvalue weighted by molar-refractivity contribution is 5.80. The van der Waals surface area contributed by atoms with Crippen molar-refractivity contribution in [3.8, 4) is 0 Å². The smallest absolute Gasteiger partial charge is 0.408 e. The van der Waals surface area contributed by atoms with E-state index in [4.69, 9.17) is 14.6 Å². The Kier molecular flexibility index (Phi) is 6.52. The van der Waals surface area contributed by atoms with Crippen LogP contribution in [0.1, 0.15) is 20.8 Å². The summed E-state index contributed by atoms with van der Waals surface area (Å²) < 4.78 is 14.4. The summed E-state index contributed by atoms with van der Waals surface area (Å²) in [7, 11) is 1.41. The van der Waals surface area contributed by atoms with Crippen LogP contribution in [0.15, 0.2) is 0 Å². The number of carboxylic acids is 1. The van der Waals surface area contributed by atoms with Crippen molar-refractivity contribution in [1.29, 1.82) is 0 Å². The first-order valence-corrected chi connectivity index (χ1v) is 5.05. The van der Waals surface area contributed by atoms with Gasteiger partial charge in [-0.15, -0.1) is 0 Å². The molecule has 100 valence electrons. The van der Waals surface area contributed by atoms with Crippen LogP contribution in [-0.4, -0.2) is 49.3 Å². The lowest BCUT2D eigenvalue weighted by Crippen LogP contribution is -2.46. The first-order chi connectivity index (χ1) is 7.76. The molecule has 0 spiro atoms. The third kappa shape index (κ3) is 8.47. The van der Waals surface area contributed by atoms with Crippen molar-refractivity contribution in [2.24, 2.45) is 0 Å². The van der Waals surface area contributed by atoms with E-state index < -0.39 is 23.7 Å². The molecule has 1 atom stereocenters. The number of methoxy groups -OCH3 is 1. The van der Waals surface area contributed by atoms with Crippen molar-refractivity contribution in [3.63, 3.8) is 0 Å². The van der Waals surface area contributed by atoms with Crippen molar-refractivity contribution in [2.75, 3.05) is 20.5 Å². The van der Waals surface area contributed by atoms with Crippen LogP contribution in [0.4, 0.5) is 4.79 Å². The van der Waals surface area contributed by atoms with Gasteiger partial charge < -0.3 is 24.6 Å². The molecule has 0 aliphatic rings. The minimum absolute atomic E-state index is 0.0419. The molecule has 0 fully saturated rings.